The van der Waals surface area contributed by atoms with Gasteiger partial charge in [0.15, 0.2) is 11.0 Å². The van der Waals surface area contributed by atoms with Crippen molar-refractivity contribution in [2.24, 2.45) is 0 Å². The van der Waals surface area contributed by atoms with Crippen LogP contribution in [0.3, 0.4) is 0 Å². The number of hydrogen-bond acceptors (Lipinski definition) is 9. The monoisotopic (exact) mass is 382 g/mol. The van der Waals surface area contributed by atoms with Crippen LogP contribution in [0.25, 0.3) is 0 Å². The molecule has 0 aromatic carbocycles. The Hall–Kier alpha value is -1.73. The van der Waals surface area contributed by atoms with Gasteiger partial charge in [-0.15, -0.1) is 0 Å². The third-order valence-corrected chi connectivity index (χ3v) is 5.46. The molecule has 2 aromatic heterocycles. The van der Waals surface area contributed by atoms with E-state index in [0.29, 0.717) is 23.8 Å². The number of aromatic nitrogens is 3. The van der Waals surface area contributed by atoms with Gasteiger partial charge in [-0.25, -0.2) is 0 Å². The van der Waals surface area contributed by atoms with Crippen molar-refractivity contribution in [2.75, 3.05) is 38.2 Å². The average Bonchev–Trinajstić information content (AvgIpc) is 3.15. The van der Waals surface area contributed by atoms with Crippen LogP contribution in [-0.4, -0.2) is 52.7 Å². The van der Waals surface area contributed by atoms with E-state index in [9.17, 15) is 5.26 Å². The van der Waals surface area contributed by atoms with Crippen molar-refractivity contribution < 1.29 is 9.26 Å². The minimum atomic E-state index is -0.183. The summed E-state index contributed by atoms with van der Waals surface area (Å²) in [6, 6.07) is 2.15. The molecule has 0 radical (unpaired) electrons. The summed E-state index contributed by atoms with van der Waals surface area (Å²) in [5.41, 5.74) is 0.468. The van der Waals surface area contributed by atoms with Crippen molar-refractivity contribution in [3.63, 3.8) is 0 Å². The lowest BCUT2D eigenvalue weighted by molar-refractivity contribution is 0.109. The summed E-state index contributed by atoms with van der Waals surface area (Å²) in [4.78, 5) is 8.83. The van der Waals surface area contributed by atoms with Gasteiger partial charge in [0.1, 0.15) is 22.7 Å². The lowest BCUT2D eigenvalue weighted by atomic mass is 10.3. The van der Waals surface area contributed by atoms with Crippen LogP contribution in [-0.2, 0) is 11.3 Å². The topological polar surface area (TPSA) is 91.3 Å². The molecule has 1 aliphatic heterocycles. The van der Waals surface area contributed by atoms with E-state index in [1.165, 1.54) is 11.5 Å². The summed E-state index contributed by atoms with van der Waals surface area (Å²) in [5, 5.41) is 14.4. The fourth-order valence-corrected chi connectivity index (χ4v) is 3.78. The largest absolute Gasteiger partial charge is 0.374 e. The van der Waals surface area contributed by atoms with Crippen LogP contribution in [0.15, 0.2) is 4.52 Å². The zero-order valence-corrected chi connectivity index (χ0v) is 15.7. The van der Waals surface area contributed by atoms with Crippen molar-refractivity contribution >= 4 is 28.1 Å². The van der Waals surface area contributed by atoms with Gasteiger partial charge < -0.3 is 14.2 Å². The summed E-state index contributed by atoms with van der Waals surface area (Å²) in [5.74, 6) is 1.15. The van der Waals surface area contributed by atoms with E-state index in [4.69, 9.17) is 20.9 Å². The minimum absolute atomic E-state index is 0.183. The number of nitrogens with zero attached hydrogens (tertiary/aromatic N) is 6. The van der Waals surface area contributed by atoms with Crippen molar-refractivity contribution in [2.45, 2.75) is 26.0 Å². The zero-order valence-electron chi connectivity index (χ0n) is 14.1. The first kappa shape index (κ1) is 18.1. The van der Waals surface area contributed by atoms with Crippen molar-refractivity contribution in [1.82, 2.24) is 19.4 Å². The number of methoxy groups -OCH3 is 1. The minimum Gasteiger partial charge on any atom is -0.374 e. The van der Waals surface area contributed by atoms with Crippen LogP contribution in [0.4, 0.5) is 5.00 Å². The van der Waals surface area contributed by atoms with Crippen LogP contribution in [0.5, 0.6) is 0 Å². The molecule has 134 valence electrons. The third-order valence-electron chi connectivity index (χ3n) is 4.18. The first-order valence-electron chi connectivity index (χ1n) is 8.00. The molecule has 1 atom stereocenters. The molecule has 1 fully saturated rings. The average molecular weight is 383 g/mol. The molecule has 2 aromatic rings. The number of halogens is 1. The summed E-state index contributed by atoms with van der Waals surface area (Å²) in [6.45, 7) is 5.89. The SMILES string of the molecule is COC(C)c1noc(CN2CCCN(c3snc(Cl)c3C#N)CC2)n1. The molecule has 25 heavy (non-hydrogen) atoms. The Balaban J connectivity index is 1.62. The molecule has 3 heterocycles. The zero-order chi connectivity index (χ0) is 17.8. The van der Waals surface area contributed by atoms with Crippen LogP contribution in [0.1, 0.15) is 36.7 Å². The number of hydrogen-bond donors (Lipinski definition) is 0. The maximum absolute atomic E-state index is 9.26. The molecular weight excluding hydrogens is 364 g/mol. The van der Waals surface area contributed by atoms with Crippen molar-refractivity contribution in [3.8, 4) is 6.07 Å². The number of anilines is 1. The predicted octanol–water partition coefficient (Wildman–Crippen LogP) is 2.47. The lowest BCUT2D eigenvalue weighted by Gasteiger charge is -2.21. The van der Waals surface area contributed by atoms with E-state index in [1.54, 1.807) is 7.11 Å². The van der Waals surface area contributed by atoms with Gasteiger partial charge in [0, 0.05) is 33.3 Å². The Morgan fingerprint density at radius 1 is 1.40 bits per heavy atom. The van der Waals surface area contributed by atoms with E-state index in [-0.39, 0.29) is 11.3 Å². The van der Waals surface area contributed by atoms with Gasteiger partial charge in [-0.2, -0.15) is 14.6 Å². The normalized spacial score (nSPS) is 17.3. The molecule has 1 aliphatic rings. The Morgan fingerprint density at radius 3 is 3.00 bits per heavy atom. The third kappa shape index (κ3) is 4.10. The Morgan fingerprint density at radius 2 is 2.24 bits per heavy atom. The van der Waals surface area contributed by atoms with Crippen LogP contribution >= 0.6 is 23.1 Å². The van der Waals surface area contributed by atoms with E-state index in [2.05, 4.69) is 30.4 Å². The van der Waals surface area contributed by atoms with Gasteiger partial charge in [0.25, 0.3) is 0 Å². The molecule has 0 spiro atoms. The summed E-state index contributed by atoms with van der Waals surface area (Å²) in [6.07, 6.45) is 0.785. The van der Waals surface area contributed by atoms with Crippen molar-refractivity contribution in [1.29, 1.82) is 5.26 Å². The Kier molecular flexibility index (Phi) is 5.86. The second-order valence-electron chi connectivity index (χ2n) is 5.81. The fourth-order valence-electron chi connectivity index (χ4n) is 2.70. The van der Waals surface area contributed by atoms with Crippen LogP contribution < -0.4 is 4.90 Å². The first-order chi connectivity index (χ1) is 12.1. The summed E-state index contributed by atoms with van der Waals surface area (Å²) < 4.78 is 14.6. The summed E-state index contributed by atoms with van der Waals surface area (Å²) >= 11 is 7.26. The molecule has 0 bridgehead atoms. The highest BCUT2D eigenvalue weighted by Gasteiger charge is 2.23. The maximum Gasteiger partial charge on any atom is 0.240 e. The van der Waals surface area contributed by atoms with Crippen LogP contribution in [0, 0.1) is 11.3 Å². The molecule has 1 saturated heterocycles. The van der Waals surface area contributed by atoms with Gasteiger partial charge in [0.2, 0.25) is 5.89 Å². The van der Waals surface area contributed by atoms with Gasteiger partial charge in [-0.3, -0.25) is 4.90 Å². The standard InChI is InChI=1S/C15H19ClN6O2S/c1-10(23-2)14-18-12(24-19-14)9-21-4-3-5-22(7-6-21)15-11(8-17)13(16)20-25-15/h10H,3-7,9H2,1-2H3. The molecule has 1 unspecified atom stereocenters. The van der Waals surface area contributed by atoms with Gasteiger partial charge in [-0.05, 0) is 24.9 Å². The lowest BCUT2D eigenvalue weighted by Crippen LogP contribution is -2.30. The molecule has 3 rings (SSSR count). The smallest absolute Gasteiger partial charge is 0.240 e. The fraction of sp³-hybridized carbons (Fsp3) is 0.600. The molecule has 0 amide bonds. The summed E-state index contributed by atoms with van der Waals surface area (Å²) in [7, 11) is 1.62. The molecule has 0 aliphatic carbocycles. The number of ether oxygens (including phenoxy) is 1. The Bertz CT molecular complexity index is 758. The molecule has 10 heteroatoms. The van der Waals surface area contributed by atoms with Gasteiger partial charge >= 0.3 is 0 Å². The van der Waals surface area contributed by atoms with E-state index in [1.807, 2.05) is 6.92 Å². The highest BCUT2D eigenvalue weighted by atomic mass is 35.5. The van der Waals surface area contributed by atoms with E-state index >= 15 is 0 Å². The molecule has 0 N–H and O–H groups in total. The molecular formula is C15H19ClN6O2S. The van der Waals surface area contributed by atoms with Gasteiger partial charge in [-0.1, -0.05) is 16.8 Å². The quantitative estimate of drug-likeness (QED) is 0.778. The maximum atomic E-state index is 9.26. The van der Waals surface area contributed by atoms with E-state index in [0.717, 1.165) is 37.6 Å². The highest BCUT2D eigenvalue weighted by molar-refractivity contribution is 7.10. The van der Waals surface area contributed by atoms with Crippen LogP contribution in [0.2, 0.25) is 5.15 Å². The van der Waals surface area contributed by atoms with Crippen molar-refractivity contribution in [3.05, 3.63) is 22.4 Å². The molecule has 8 nitrogen and oxygen atoms in total. The second kappa shape index (κ2) is 8.10. The molecule has 0 saturated carbocycles. The van der Waals surface area contributed by atoms with E-state index < -0.39 is 0 Å². The van der Waals surface area contributed by atoms with Gasteiger partial charge in [0.05, 0.1) is 6.54 Å². The number of nitriles is 1. The number of rotatable bonds is 5. The second-order valence-corrected chi connectivity index (χ2v) is 6.92. The first-order valence-corrected chi connectivity index (χ1v) is 9.15. The predicted molar refractivity (Wildman–Crippen MR) is 93.7 cm³/mol. The Labute approximate surface area is 155 Å². The highest BCUT2D eigenvalue weighted by Crippen LogP contribution is 2.31.